The van der Waals surface area contributed by atoms with E-state index in [9.17, 15) is 4.79 Å². The van der Waals surface area contributed by atoms with Gasteiger partial charge in [0.05, 0.1) is 6.61 Å². The Morgan fingerprint density at radius 3 is 2.00 bits per heavy atom. The number of carbonyl (C=O) groups is 1. The molecule has 1 unspecified atom stereocenters. The van der Waals surface area contributed by atoms with Crippen LogP contribution in [0.3, 0.4) is 0 Å². The molecule has 0 amide bonds. The fourth-order valence-corrected chi connectivity index (χ4v) is 1.15. The number of carboxylic acids is 1. The first-order chi connectivity index (χ1) is 6.97. The predicted molar refractivity (Wildman–Crippen MR) is 48.9 cm³/mol. The van der Waals surface area contributed by atoms with Crippen LogP contribution in [0.2, 0.25) is 0 Å². The molecule has 1 aromatic carbocycles. The summed E-state index contributed by atoms with van der Waals surface area (Å²) < 4.78 is 0. The number of benzene rings is 1. The second-order valence-corrected chi connectivity index (χ2v) is 2.98. The third-order valence-electron chi connectivity index (χ3n) is 1.98. The zero-order chi connectivity index (χ0) is 11.6. The quantitative estimate of drug-likeness (QED) is 0.451. The van der Waals surface area contributed by atoms with Gasteiger partial charge in [-0.2, -0.15) is 0 Å². The van der Waals surface area contributed by atoms with Gasteiger partial charge in [-0.25, -0.2) is 0 Å². The summed E-state index contributed by atoms with van der Waals surface area (Å²) in [6, 6.07) is 1.95. The highest BCUT2D eigenvalue weighted by atomic mass is 16.4. The molecule has 82 valence electrons. The van der Waals surface area contributed by atoms with Gasteiger partial charge in [0, 0.05) is 0 Å². The van der Waals surface area contributed by atoms with E-state index in [0.717, 1.165) is 12.1 Å². The minimum atomic E-state index is -1.29. The number of phenolic OH excluding ortho intramolecular Hbond substituents is 3. The van der Waals surface area contributed by atoms with Crippen LogP contribution in [0, 0.1) is 0 Å². The molecule has 0 spiro atoms. The molecule has 6 nitrogen and oxygen atoms in total. The number of aliphatic hydroxyl groups is 1. The van der Waals surface area contributed by atoms with Crippen LogP contribution >= 0.6 is 0 Å². The van der Waals surface area contributed by atoms with Crippen LogP contribution in [0.4, 0.5) is 0 Å². The predicted octanol–water partition coefficient (Wildman–Crippen LogP) is -0.0361. The highest BCUT2D eigenvalue weighted by molar-refractivity contribution is 5.77. The van der Waals surface area contributed by atoms with Crippen LogP contribution < -0.4 is 0 Å². The van der Waals surface area contributed by atoms with Crippen LogP contribution in [0.25, 0.3) is 0 Å². The minimum Gasteiger partial charge on any atom is -0.504 e. The lowest BCUT2D eigenvalue weighted by atomic mass is 9.99. The van der Waals surface area contributed by atoms with E-state index < -0.39 is 35.7 Å². The number of hydrogen-bond donors (Lipinski definition) is 5. The molecule has 0 aromatic heterocycles. The van der Waals surface area contributed by atoms with Gasteiger partial charge in [-0.15, -0.1) is 0 Å². The molecule has 15 heavy (non-hydrogen) atoms. The molecule has 1 aromatic rings. The Morgan fingerprint density at radius 2 is 1.67 bits per heavy atom. The minimum absolute atomic E-state index is 0.0119. The van der Waals surface area contributed by atoms with Gasteiger partial charge >= 0.3 is 5.97 Å². The van der Waals surface area contributed by atoms with E-state index in [-0.39, 0.29) is 5.56 Å². The SMILES string of the molecule is O=C(O)C(CO)c1cc(O)c(O)c(O)c1. The molecule has 0 aliphatic rings. The van der Waals surface area contributed by atoms with Crippen LogP contribution in [0.1, 0.15) is 11.5 Å². The lowest BCUT2D eigenvalue weighted by molar-refractivity contribution is -0.139. The Bertz CT molecular complexity index is 363. The molecule has 6 heteroatoms. The molecule has 0 aliphatic heterocycles. The molecule has 0 saturated carbocycles. The Labute approximate surface area is 84.7 Å². The van der Waals surface area contributed by atoms with Gasteiger partial charge in [0.1, 0.15) is 5.92 Å². The fraction of sp³-hybridized carbons (Fsp3) is 0.222. The zero-order valence-electron chi connectivity index (χ0n) is 7.58. The summed E-state index contributed by atoms with van der Waals surface area (Å²) in [4.78, 5) is 10.7. The molecule has 0 bridgehead atoms. The highest BCUT2D eigenvalue weighted by Crippen LogP contribution is 2.37. The number of carboxylic acid groups (broad SMARTS) is 1. The lowest BCUT2D eigenvalue weighted by Gasteiger charge is -2.11. The number of phenols is 3. The maximum atomic E-state index is 10.7. The number of aliphatic carboxylic acids is 1. The molecule has 0 fully saturated rings. The summed E-state index contributed by atoms with van der Waals surface area (Å²) in [5.41, 5.74) is 0.0119. The topological polar surface area (TPSA) is 118 Å². The Morgan fingerprint density at radius 1 is 1.20 bits per heavy atom. The highest BCUT2D eigenvalue weighted by Gasteiger charge is 2.21. The second-order valence-electron chi connectivity index (χ2n) is 2.98. The molecule has 1 rings (SSSR count). The van der Waals surface area contributed by atoms with Gasteiger partial charge in [-0.1, -0.05) is 0 Å². The number of hydrogen-bond acceptors (Lipinski definition) is 5. The van der Waals surface area contributed by atoms with E-state index in [0.29, 0.717) is 0 Å². The van der Waals surface area contributed by atoms with Crippen molar-refractivity contribution in [2.45, 2.75) is 5.92 Å². The summed E-state index contributed by atoms with van der Waals surface area (Å²) >= 11 is 0. The van der Waals surface area contributed by atoms with Gasteiger partial charge in [-0.05, 0) is 17.7 Å². The van der Waals surface area contributed by atoms with Gasteiger partial charge in [0.25, 0.3) is 0 Å². The summed E-state index contributed by atoms with van der Waals surface area (Å²) in [7, 11) is 0. The van der Waals surface area contributed by atoms with Gasteiger partial charge in [-0.3, -0.25) is 4.79 Å². The summed E-state index contributed by atoms with van der Waals surface area (Å²) in [6.45, 7) is -0.668. The van der Waals surface area contributed by atoms with Gasteiger partial charge in [0.15, 0.2) is 17.2 Å². The van der Waals surface area contributed by atoms with E-state index >= 15 is 0 Å². The maximum absolute atomic E-state index is 10.7. The number of aromatic hydroxyl groups is 3. The van der Waals surface area contributed by atoms with E-state index in [1.807, 2.05) is 0 Å². The van der Waals surface area contributed by atoms with Crippen molar-refractivity contribution in [1.29, 1.82) is 0 Å². The maximum Gasteiger partial charge on any atom is 0.313 e. The smallest absolute Gasteiger partial charge is 0.313 e. The molecule has 5 N–H and O–H groups in total. The largest absolute Gasteiger partial charge is 0.504 e. The van der Waals surface area contributed by atoms with Crippen molar-refractivity contribution >= 4 is 5.97 Å². The molecule has 1 atom stereocenters. The van der Waals surface area contributed by atoms with E-state index in [4.69, 9.17) is 25.5 Å². The second kappa shape index (κ2) is 4.05. The van der Waals surface area contributed by atoms with Crippen molar-refractivity contribution in [2.75, 3.05) is 6.61 Å². The van der Waals surface area contributed by atoms with Crippen molar-refractivity contribution in [2.24, 2.45) is 0 Å². The third kappa shape index (κ3) is 2.10. The van der Waals surface area contributed by atoms with Crippen LogP contribution in [-0.2, 0) is 4.79 Å². The Balaban J connectivity index is 3.20. The van der Waals surface area contributed by atoms with E-state index in [1.165, 1.54) is 0 Å². The zero-order valence-corrected chi connectivity index (χ0v) is 7.58. The van der Waals surface area contributed by atoms with Crippen LogP contribution in [-0.4, -0.2) is 38.1 Å². The monoisotopic (exact) mass is 214 g/mol. The van der Waals surface area contributed by atoms with Crippen LogP contribution in [0.5, 0.6) is 17.2 Å². The molecular formula is C9H10O6. The first-order valence-corrected chi connectivity index (χ1v) is 4.06. The molecule has 0 aliphatic carbocycles. The average molecular weight is 214 g/mol. The normalized spacial score (nSPS) is 12.3. The van der Waals surface area contributed by atoms with Crippen molar-refractivity contribution in [3.8, 4) is 17.2 Å². The Kier molecular flexibility index (Phi) is 3.01. The molecular weight excluding hydrogens is 204 g/mol. The molecule has 0 heterocycles. The summed E-state index contributed by atoms with van der Waals surface area (Å²) in [5, 5.41) is 44.7. The van der Waals surface area contributed by atoms with Crippen molar-refractivity contribution < 1.29 is 30.3 Å². The van der Waals surface area contributed by atoms with Crippen LogP contribution in [0.15, 0.2) is 12.1 Å². The third-order valence-corrected chi connectivity index (χ3v) is 1.98. The average Bonchev–Trinajstić information content (AvgIpc) is 2.14. The standard InChI is InChI=1S/C9H10O6/c10-3-5(9(14)15)4-1-6(11)8(13)7(12)2-4/h1-2,5,10-13H,3H2,(H,14,15). The van der Waals surface area contributed by atoms with Crippen molar-refractivity contribution in [1.82, 2.24) is 0 Å². The van der Waals surface area contributed by atoms with Crippen molar-refractivity contribution in [3.05, 3.63) is 17.7 Å². The van der Waals surface area contributed by atoms with E-state index in [1.54, 1.807) is 0 Å². The van der Waals surface area contributed by atoms with Gasteiger partial charge < -0.3 is 25.5 Å². The number of rotatable bonds is 3. The fourth-order valence-electron chi connectivity index (χ4n) is 1.15. The first kappa shape index (κ1) is 11.1. The first-order valence-electron chi connectivity index (χ1n) is 4.06. The van der Waals surface area contributed by atoms with E-state index in [2.05, 4.69) is 0 Å². The summed E-state index contributed by atoms with van der Waals surface area (Å²) in [6.07, 6.45) is 0. The number of aliphatic hydroxyl groups excluding tert-OH is 1. The van der Waals surface area contributed by atoms with Crippen molar-refractivity contribution in [3.63, 3.8) is 0 Å². The van der Waals surface area contributed by atoms with Gasteiger partial charge in [0.2, 0.25) is 0 Å². The Hall–Kier alpha value is -1.95. The lowest BCUT2D eigenvalue weighted by Crippen LogP contribution is -2.15. The molecule has 0 saturated heterocycles. The summed E-state index contributed by atoms with van der Waals surface area (Å²) in [5.74, 6) is -4.53. The molecule has 0 radical (unpaired) electrons.